The summed E-state index contributed by atoms with van der Waals surface area (Å²) in [6, 6.07) is 3.93. The fourth-order valence-corrected chi connectivity index (χ4v) is 2.40. The lowest BCUT2D eigenvalue weighted by atomic mass is 10.1. The van der Waals surface area contributed by atoms with Crippen LogP contribution < -0.4 is 0 Å². The van der Waals surface area contributed by atoms with E-state index in [-0.39, 0.29) is 10.8 Å². The Bertz CT molecular complexity index is 627. The van der Waals surface area contributed by atoms with E-state index in [4.69, 9.17) is 11.6 Å². The molecule has 0 atom stereocenters. The average molecular weight is 346 g/mol. The van der Waals surface area contributed by atoms with Crippen LogP contribution >= 0.6 is 27.5 Å². The van der Waals surface area contributed by atoms with E-state index in [0.717, 1.165) is 6.42 Å². The zero-order valence-electron chi connectivity index (χ0n) is 10.2. The number of nitrogens with zero attached hydrogens (tertiary/aromatic N) is 2. The first kappa shape index (κ1) is 14.2. The van der Waals surface area contributed by atoms with E-state index >= 15 is 0 Å². The van der Waals surface area contributed by atoms with Crippen LogP contribution in [0.4, 0.5) is 4.39 Å². The molecule has 0 bridgehead atoms. The number of carbonyl (C=O) groups is 1. The summed E-state index contributed by atoms with van der Waals surface area (Å²) in [6.45, 7) is 2.64. The molecule has 0 aliphatic heterocycles. The molecule has 6 heteroatoms. The van der Waals surface area contributed by atoms with Gasteiger partial charge in [-0.15, -0.1) is 0 Å². The molecule has 1 heterocycles. The standard InChI is InChI=1S/C13H11BrClFN2O/c1-2-5-18-12(9(14)7-17-18)13(19)8-3-4-11(16)10(15)6-8/h3-4,6-7H,2,5H2,1H3. The first-order chi connectivity index (χ1) is 9.04. The molecule has 0 aliphatic carbocycles. The van der Waals surface area contributed by atoms with Gasteiger partial charge in [0.1, 0.15) is 11.5 Å². The van der Waals surface area contributed by atoms with Gasteiger partial charge in [-0.2, -0.15) is 5.10 Å². The van der Waals surface area contributed by atoms with Crippen LogP contribution in [0.5, 0.6) is 0 Å². The quantitative estimate of drug-likeness (QED) is 0.783. The molecule has 0 amide bonds. The van der Waals surface area contributed by atoms with Gasteiger partial charge in [0.05, 0.1) is 15.7 Å². The van der Waals surface area contributed by atoms with Crippen molar-refractivity contribution in [3.05, 3.63) is 51.0 Å². The highest BCUT2D eigenvalue weighted by atomic mass is 79.9. The van der Waals surface area contributed by atoms with Crippen molar-refractivity contribution in [3.8, 4) is 0 Å². The molecule has 0 unspecified atom stereocenters. The van der Waals surface area contributed by atoms with Crippen molar-refractivity contribution in [3.63, 3.8) is 0 Å². The number of halogens is 3. The maximum atomic E-state index is 13.1. The molecular weight excluding hydrogens is 335 g/mol. The summed E-state index contributed by atoms with van der Waals surface area (Å²) in [4.78, 5) is 12.4. The number of ketones is 1. The van der Waals surface area contributed by atoms with Gasteiger partial charge in [-0.05, 0) is 40.5 Å². The van der Waals surface area contributed by atoms with Crippen molar-refractivity contribution in [2.75, 3.05) is 0 Å². The van der Waals surface area contributed by atoms with Gasteiger partial charge in [-0.3, -0.25) is 9.48 Å². The zero-order valence-corrected chi connectivity index (χ0v) is 12.5. The molecule has 2 rings (SSSR count). The van der Waals surface area contributed by atoms with Crippen molar-refractivity contribution < 1.29 is 9.18 Å². The van der Waals surface area contributed by atoms with Gasteiger partial charge in [0, 0.05) is 12.1 Å². The van der Waals surface area contributed by atoms with E-state index in [1.807, 2.05) is 6.92 Å². The van der Waals surface area contributed by atoms with Gasteiger partial charge >= 0.3 is 0 Å². The first-order valence-corrected chi connectivity index (χ1v) is 6.92. The highest BCUT2D eigenvalue weighted by molar-refractivity contribution is 9.10. The molecule has 100 valence electrons. The summed E-state index contributed by atoms with van der Waals surface area (Å²) in [7, 11) is 0. The number of carbonyl (C=O) groups excluding carboxylic acids is 1. The molecule has 1 aromatic heterocycles. The van der Waals surface area contributed by atoms with E-state index in [9.17, 15) is 9.18 Å². The molecule has 2 aromatic rings. The van der Waals surface area contributed by atoms with Crippen molar-refractivity contribution >= 4 is 33.3 Å². The SMILES string of the molecule is CCCn1ncc(Br)c1C(=O)c1ccc(F)c(Cl)c1. The molecule has 1 aromatic carbocycles. The fraction of sp³-hybridized carbons (Fsp3) is 0.231. The predicted octanol–water partition coefficient (Wildman–Crippen LogP) is 4.08. The van der Waals surface area contributed by atoms with Gasteiger partial charge in [0.2, 0.25) is 5.78 Å². The minimum absolute atomic E-state index is 0.0662. The van der Waals surface area contributed by atoms with E-state index < -0.39 is 5.82 Å². The van der Waals surface area contributed by atoms with Crippen molar-refractivity contribution in [1.82, 2.24) is 9.78 Å². The normalized spacial score (nSPS) is 10.7. The van der Waals surface area contributed by atoms with Crippen LogP contribution in [0.1, 0.15) is 29.4 Å². The molecule has 0 N–H and O–H groups in total. The Kier molecular flexibility index (Phi) is 4.37. The lowest BCUT2D eigenvalue weighted by molar-refractivity contribution is 0.102. The lowest BCUT2D eigenvalue weighted by Gasteiger charge is -2.06. The van der Waals surface area contributed by atoms with Gasteiger partial charge in [-0.1, -0.05) is 18.5 Å². The van der Waals surface area contributed by atoms with Crippen LogP contribution in [0.2, 0.25) is 5.02 Å². The van der Waals surface area contributed by atoms with E-state index in [2.05, 4.69) is 21.0 Å². The number of benzene rings is 1. The van der Waals surface area contributed by atoms with Crippen molar-refractivity contribution in [2.45, 2.75) is 19.9 Å². The van der Waals surface area contributed by atoms with Crippen LogP contribution in [0.25, 0.3) is 0 Å². The third kappa shape index (κ3) is 2.87. The summed E-state index contributed by atoms with van der Waals surface area (Å²) >= 11 is 9.01. The number of aromatic nitrogens is 2. The van der Waals surface area contributed by atoms with Crippen LogP contribution in [0.3, 0.4) is 0 Å². The average Bonchev–Trinajstić information content (AvgIpc) is 2.74. The molecule has 0 saturated heterocycles. The third-order valence-electron chi connectivity index (χ3n) is 2.63. The Morgan fingerprint density at radius 3 is 2.89 bits per heavy atom. The first-order valence-electron chi connectivity index (χ1n) is 5.75. The molecule has 19 heavy (non-hydrogen) atoms. The maximum absolute atomic E-state index is 13.1. The summed E-state index contributed by atoms with van der Waals surface area (Å²) in [5.41, 5.74) is 0.787. The third-order valence-corrected chi connectivity index (χ3v) is 3.50. The molecule has 0 radical (unpaired) electrons. The molecule has 0 saturated carbocycles. The predicted molar refractivity (Wildman–Crippen MR) is 75.1 cm³/mol. The monoisotopic (exact) mass is 344 g/mol. The highest BCUT2D eigenvalue weighted by Crippen LogP contribution is 2.23. The molecule has 0 spiro atoms. The van der Waals surface area contributed by atoms with E-state index in [0.29, 0.717) is 22.3 Å². The second-order valence-corrected chi connectivity index (χ2v) is 5.28. The second-order valence-electron chi connectivity index (χ2n) is 4.02. The lowest BCUT2D eigenvalue weighted by Crippen LogP contribution is -2.12. The van der Waals surface area contributed by atoms with Crippen LogP contribution in [-0.4, -0.2) is 15.6 Å². The highest BCUT2D eigenvalue weighted by Gasteiger charge is 2.19. The second kappa shape index (κ2) is 5.84. The minimum atomic E-state index is -0.542. The van der Waals surface area contributed by atoms with Gasteiger partial charge in [-0.25, -0.2) is 4.39 Å². The summed E-state index contributed by atoms with van der Waals surface area (Å²) in [5, 5.41) is 4.07. The van der Waals surface area contributed by atoms with Crippen molar-refractivity contribution in [1.29, 1.82) is 0 Å². The summed E-state index contributed by atoms with van der Waals surface area (Å²) in [5.74, 6) is -0.779. The zero-order chi connectivity index (χ0) is 14.0. The number of aryl methyl sites for hydroxylation is 1. The molecular formula is C13H11BrClFN2O. The fourth-order valence-electron chi connectivity index (χ4n) is 1.74. The Hall–Kier alpha value is -1.20. The Labute approximate surface area is 123 Å². The van der Waals surface area contributed by atoms with Crippen molar-refractivity contribution in [2.24, 2.45) is 0 Å². The van der Waals surface area contributed by atoms with Gasteiger partial charge in [0.25, 0.3) is 0 Å². The van der Waals surface area contributed by atoms with Crippen LogP contribution in [0, 0.1) is 5.82 Å². The topological polar surface area (TPSA) is 34.9 Å². The smallest absolute Gasteiger partial charge is 0.212 e. The molecule has 3 nitrogen and oxygen atoms in total. The Morgan fingerprint density at radius 1 is 1.53 bits per heavy atom. The maximum Gasteiger partial charge on any atom is 0.212 e. The molecule has 0 fully saturated rings. The molecule has 0 aliphatic rings. The van der Waals surface area contributed by atoms with Crippen LogP contribution in [0.15, 0.2) is 28.9 Å². The Balaban J connectivity index is 2.43. The largest absolute Gasteiger partial charge is 0.287 e. The Morgan fingerprint density at radius 2 is 2.26 bits per heavy atom. The summed E-state index contributed by atoms with van der Waals surface area (Å²) < 4.78 is 15.4. The number of hydrogen-bond acceptors (Lipinski definition) is 2. The van der Waals surface area contributed by atoms with Crippen LogP contribution in [-0.2, 0) is 6.54 Å². The van der Waals surface area contributed by atoms with E-state index in [1.165, 1.54) is 18.2 Å². The summed E-state index contributed by atoms with van der Waals surface area (Å²) in [6.07, 6.45) is 2.44. The number of rotatable bonds is 4. The number of hydrogen-bond donors (Lipinski definition) is 0. The van der Waals surface area contributed by atoms with Gasteiger partial charge in [0.15, 0.2) is 0 Å². The minimum Gasteiger partial charge on any atom is -0.287 e. The van der Waals surface area contributed by atoms with Gasteiger partial charge < -0.3 is 0 Å². The van der Waals surface area contributed by atoms with E-state index in [1.54, 1.807) is 10.9 Å².